The number of urea groups is 1. The van der Waals surface area contributed by atoms with E-state index in [0.29, 0.717) is 32.0 Å². The molecule has 1 aromatic rings. The van der Waals surface area contributed by atoms with Gasteiger partial charge < -0.3 is 14.9 Å². The first kappa shape index (κ1) is 15.3. The molecule has 2 heterocycles. The molecular formula is C15H21N3O3. The van der Waals surface area contributed by atoms with Gasteiger partial charge in [-0.2, -0.15) is 0 Å². The third kappa shape index (κ3) is 4.44. The summed E-state index contributed by atoms with van der Waals surface area (Å²) in [5.74, 6) is -0.467. The zero-order valence-electron chi connectivity index (χ0n) is 12.2. The molecule has 1 saturated heterocycles. The van der Waals surface area contributed by atoms with Gasteiger partial charge in [0.05, 0.1) is 0 Å². The van der Waals surface area contributed by atoms with Crippen molar-refractivity contribution in [2.75, 3.05) is 20.1 Å². The van der Waals surface area contributed by atoms with Crippen molar-refractivity contribution in [3.8, 4) is 0 Å². The summed E-state index contributed by atoms with van der Waals surface area (Å²) >= 11 is 0. The highest BCUT2D eigenvalue weighted by atomic mass is 16.4. The molecule has 1 atom stereocenters. The molecule has 0 spiro atoms. The Morgan fingerprint density at radius 3 is 3.00 bits per heavy atom. The van der Waals surface area contributed by atoms with Crippen LogP contribution in [-0.4, -0.2) is 52.0 Å². The Labute approximate surface area is 124 Å². The molecule has 21 heavy (non-hydrogen) atoms. The van der Waals surface area contributed by atoms with E-state index in [1.54, 1.807) is 24.3 Å². The van der Waals surface area contributed by atoms with E-state index < -0.39 is 5.97 Å². The van der Waals surface area contributed by atoms with Crippen molar-refractivity contribution in [3.63, 3.8) is 0 Å². The number of rotatable bonds is 5. The average Bonchev–Trinajstić information content (AvgIpc) is 2.94. The van der Waals surface area contributed by atoms with Crippen LogP contribution < -0.4 is 0 Å². The molecule has 0 aromatic carbocycles. The van der Waals surface area contributed by atoms with Crippen LogP contribution in [0.25, 0.3) is 0 Å². The number of hydrogen-bond donors (Lipinski definition) is 1. The molecule has 1 N–H and O–H groups in total. The SMILES string of the molecule is CN(Cc1cccnc1)C(=O)N1CCC(CCC(=O)O)C1. The summed E-state index contributed by atoms with van der Waals surface area (Å²) < 4.78 is 0. The molecule has 6 heteroatoms. The molecule has 2 rings (SSSR count). The van der Waals surface area contributed by atoms with Gasteiger partial charge in [-0.1, -0.05) is 6.07 Å². The number of aliphatic carboxylic acids is 1. The second-order valence-corrected chi connectivity index (χ2v) is 5.53. The summed E-state index contributed by atoms with van der Waals surface area (Å²) in [4.78, 5) is 30.5. The molecule has 1 fully saturated rings. The summed E-state index contributed by atoms with van der Waals surface area (Å²) in [5.41, 5.74) is 0.995. The van der Waals surface area contributed by atoms with Crippen molar-refractivity contribution in [2.24, 2.45) is 5.92 Å². The first-order valence-electron chi connectivity index (χ1n) is 7.17. The van der Waals surface area contributed by atoms with E-state index in [1.807, 2.05) is 17.0 Å². The summed E-state index contributed by atoms with van der Waals surface area (Å²) in [5, 5.41) is 8.71. The van der Waals surface area contributed by atoms with Gasteiger partial charge in [-0.05, 0) is 30.4 Å². The van der Waals surface area contributed by atoms with Gasteiger partial charge in [-0.25, -0.2) is 4.79 Å². The molecule has 0 saturated carbocycles. The summed E-state index contributed by atoms with van der Waals surface area (Å²) in [7, 11) is 1.78. The van der Waals surface area contributed by atoms with Crippen molar-refractivity contribution in [2.45, 2.75) is 25.8 Å². The van der Waals surface area contributed by atoms with Crippen molar-refractivity contribution < 1.29 is 14.7 Å². The molecule has 1 aliphatic heterocycles. The largest absolute Gasteiger partial charge is 0.481 e. The van der Waals surface area contributed by atoms with E-state index in [9.17, 15) is 9.59 Å². The number of nitrogens with zero attached hydrogens (tertiary/aromatic N) is 3. The quantitative estimate of drug-likeness (QED) is 0.898. The van der Waals surface area contributed by atoms with E-state index >= 15 is 0 Å². The second kappa shape index (κ2) is 7.06. The Kier molecular flexibility index (Phi) is 5.14. The lowest BCUT2D eigenvalue weighted by molar-refractivity contribution is -0.137. The lowest BCUT2D eigenvalue weighted by Gasteiger charge is -2.24. The highest BCUT2D eigenvalue weighted by Gasteiger charge is 2.28. The van der Waals surface area contributed by atoms with Crippen molar-refractivity contribution >= 4 is 12.0 Å². The fraction of sp³-hybridized carbons (Fsp3) is 0.533. The molecule has 1 aliphatic rings. The second-order valence-electron chi connectivity index (χ2n) is 5.53. The van der Waals surface area contributed by atoms with Gasteiger partial charge in [0.2, 0.25) is 0 Å². The minimum absolute atomic E-state index is 0.00308. The van der Waals surface area contributed by atoms with E-state index in [1.165, 1.54) is 0 Å². The number of carbonyl (C=O) groups excluding carboxylic acids is 1. The number of carboxylic acid groups (broad SMARTS) is 1. The van der Waals surface area contributed by atoms with Gasteiger partial charge >= 0.3 is 12.0 Å². The Hall–Kier alpha value is -2.11. The van der Waals surface area contributed by atoms with E-state index in [-0.39, 0.29) is 12.5 Å². The van der Waals surface area contributed by atoms with E-state index in [2.05, 4.69) is 4.98 Å². The van der Waals surface area contributed by atoms with Gasteiger partial charge in [-0.3, -0.25) is 9.78 Å². The van der Waals surface area contributed by atoms with Crippen LogP contribution in [0.2, 0.25) is 0 Å². The molecule has 0 bridgehead atoms. The number of hydrogen-bond acceptors (Lipinski definition) is 3. The maximum absolute atomic E-state index is 12.3. The minimum Gasteiger partial charge on any atom is -0.481 e. The predicted molar refractivity (Wildman–Crippen MR) is 77.6 cm³/mol. The Morgan fingerprint density at radius 2 is 2.33 bits per heavy atom. The Balaban J connectivity index is 1.82. The van der Waals surface area contributed by atoms with Crippen molar-refractivity contribution in [1.82, 2.24) is 14.8 Å². The van der Waals surface area contributed by atoms with Gasteiger partial charge in [0.1, 0.15) is 0 Å². The molecule has 114 valence electrons. The monoisotopic (exact) mass is 291 g/mol. The lowest BCUT2D eigenvalue weighted by atomic mass is 10.0. The smallest absolute Gasteiger partial charge is 0.320 e. The van der Waals surface area contributed by atoms with Gasteiger partial charge in [0.25, 0.3) is 0 Å². The zero-order chi connectivity index (χ0) is 15.2. The van der Waals surface area contributed by atoms with Gasteiger partial charge in [0, 0.05) is 45.5 Å². The van der Waals surface area contributed by atoms with Crippen LogP contribution in [0.15, 0.2) is 24.5 Å². The van der Waals surface area contributed by atoms with Crippen molar-refractivity contribution in [1.29, 1.82) is 0 Å². The third-order valence-corrected chi connectivity index (χ3v) is 3.79. The standard InChI is InChI=1S/C15H21N3O3/c1-17(10-13-3-2-7-16-9-13)15(21)18-8-6-12(11-18)4-5-14(19)20/h2-3,7,9,12H,4-6,8,10-11H2,1H3,(H,19,20). The van der Waals surface area contributed by atoms with Crippen LogP contribution in [0.1, 0.15) is 24.8 Å². The van der Waals surface area contributed by atoms with Crippen LogP contribution in [0.5, 0.6) is 0 Å². The Bertz CT molecular complexity index is 492. The molecule has 2 amide bonds. The first-order valence-corrected chi connectivity index (χ1v) is 7.17. The summed E-state index contributed by atoms with van der Waals surface area (Å²) in [6.07, 6.45) is 5.17. The number of carboxylic acids is 1. The molecule has 0 aliphatic carbocycles. The van der Waals surface area contributed by atoms with E-state index in [4.69, 9.17) is 5.11 Å². The summed E-state index contributed by atoms with van der Waals surface area (Å²) in [6.45, 7) is 1.90. The van der Waals surface area contributed by atoms with Crippen molar-refractivity contribution in [3.05, 3.63) is 30.1 Å². The summed E-state index contributed by atoms with van der Waals surface area (Å²) in [6, 6.07) is 3.79. The Morgan fingerprint density at radius 1 is 1.52 bits per heavy atom. The topological polar surface area (TPSA) is 73.7 Å². The minimum atomic E-state index is -0.770. The maximum Gasteiger partial charge on any atom is 0.320 e. The maximum atomic E-state index is 12.3. The molecule has 1 aromatic heterocycles. The average molecular weight is 291 g/mol. The van der Waals surface area contributed by atoms with Crippen LogP contribution >= 0.6 is 0 Å². The molecular weight excluding hydrogens is 270 g/mol. The lowest BCUT2D eigenvalue weighted by Crippen LogP contribution is -2.39. The third-order valence-electron chi connectivity index (χ3n) is 3.79. The molecule has 6 nitrogen and oxygen atoms in total. The first-order chi connectivity index (χ1) is 10.1. The number of amides is 2. The molecule has 0 radical (unpaired) electrons. The fourth-order valence-corrected chi connectivity index (χ4v) is 2.64. The highest BCUT2D eigenvalue weighted by Crippen LogP contribution is 2.22. The zero-order valence-corrected chi connectivity index (χ0v) is 12.2. The van der Waals surface area contributed by atoms with Crippen LogP contribution in [-0.2, 0) is 11.3 Å². The van der Waals surface area contributed by atoms with Crippen LogP contribution in [0, 0.1) is 5.92 Å². The fourth-order valence-electron chi connectivity index (χ4n) is 2.64. The number of aromatic nitrogens is 1. The van der Waals surface area contributed by atoms with Crippen LogP contribution in [0.3, 0.4) is 0 Å². The van der Waals surface area contributed by atoms with Gasteiger partial charge in [0.15, 0.2) is 0 Å². The predicted octanol–water partition coefficient (Wildman–Crippen LogP) is 1.82. The van der Waals surface area contributed by atoms with Gasteiger partial charge in [-0.15, -0.1) is 0 Å². The number of pyridine rings is 1. The number of carbonyl (C=O) groups is 2. The van der Waals surface area contributed by atoms with E-state index in [0.717, 1.165) is 12.0 Å². The van der Waals surface area contributed by atoms with Crippen LogP contribution in [0.4, 0.5) is 4.79 Å². The number of likely N-dealkylation sites (tertiary alicyclic amines) is 1. The normalized spacial score (nSPS) is 17.8. The highest BCUT2D eigenvalue weighted by molar-refractivity contribution is 5.74. The molecule has 1 unspecified atom stereocenters.